The fourth-order valence-electron chi connectivity index (χ4n) is 3.37. The van der Waals surface area contributed by atoms with Crippen LogP contribution in [-0.4, -0.2) is 40.7 Å². The molecular formula is C19H21BF2N4O3. The van der Waals surface area contributed by atoms with E-state index in [4.69, 9.17) is 15.0 Å². The molecule has 0 atom stereocenters. The number of fused-ring (bicyclic) bond motifs is 1. The summed E-state index contributed by atoms with van der Waals surface area (Å²) < 4.78 is 41.1. The van der Waals surface area contributed by atoms with Crippen molar-refractivity contribution in [3.8, 4) is 11.3 Å². The molecule has 29 heavy (non-hydrogen) atoms. The number of rotatable bonds is 2. The Labute approximate surface area is 167 Å². The highest BCUT2D eigenvalue weighted by Gasteiger charge is 2.53. The molecule has 2 aliphatic rings. The van der Waals surface area contributed by atoms with Crippen LogP contribution in [0.4, 0.5) is 14.6 Å². The largest absolute Gasteiger partial charge is 0.519 e. The lowest BCUT2D eigenvalue weighted by Gasteiger charge is -2.32. The zero-order valence-electron chi connectivity index (χ0n) is 16.6. The van der Waals surface area contributed by atoms with Crippen molar-refractivity contribution in [3.63, 3.8) is 0 Å². The summed E-state index contributed by atoms with van der Waals surface area (Å²) in [4.78, 5) is 19.9. The molecule has 0 bridgehead atoms. The van der Waals surface area contributed by atoms with Gasteiger partial charge in [0.15, 0.2) is 5.82 Å². The summed E-state index contributed by atoms with van der Waals surface area (Å²) in [5, 5.41) is 2.66. The van der Waals surface area contributed by atoms with Gasteiger partial charge < -0.3 is 20.4 Å². The quantitative estimate of drug-likeness (QED) is 0.741. The van der Waals surface area contributed by atoms with Crippen molar-refractivity contribution in [2.24, 2.45) is 0 Å². The third kappa shape index (κ3) is 3.16. The van der Waals surface area contributed by atoms with Crippen molar-refractivity contribution in [2.75, 3.05) is 12.3 Å². The predicted molar refractivity (Wildman–Crippen MR) is 104 cm³/mol. The van der Waals surface area contributed by atoms with Crippen LogP contribution >= 0.6 is 0 Å². The lowest BCUT2D eigenvalue weighted by Crippen LogP contribution is -2.41. The fourth-order valence-corrected chi connectivity index (χ4v) is 3.37. The van der Waals surface area contributed by atoms with E-state index in [2.05, 4.69) is 15.3 Å². The maximum Gasteiger partial charge on any atom is 0.519 e. The summed E-state index contributed by atoms with van der Waals surface area (Å²) in [6.07, 6.45) is 0.535. The number of nitrogens with one attached hydrogen (secondary N) is 1. The molecule has 152 valence electrons. The van der Waals surface area contributed by atoms with E-state index in [-0.39, 0.29) is 34.1 Å². The summed E-state index contributed by atoms with van der Waals surface area (Å²) >= 11 is 0. The Morgan fingerprint density at radius 3 is 2.41 bits per heavy atom. The second-order valence-corrected chi connectivity index (χ2v) is 8.22. The molecule has 1 saturated heterocycles. The van der Waals surface area contributed by atoms with Gasteiger partial charge in [0.05, 0.1) is 11.2 Å². The number of benzene rings is 1. The zero-order valence-corrected chi connectivity index (χ0v) is 16.6. The molecular weight excluding hydrogens is 381 g/mol. The number of amides is 1. The predicted octanol–water partition coefficient (Wildman–Crippen LogP) is 1.59. The molecule has 1 aromatic heterocycles. The van der Waals surface area contributed by atoms with Crippen LogP contribution in [0, 0.1) is 11.8 Å². The van der Waals surface area contributed by atoms with E-state index in [1.165, 1.54) is 6.07 Å². The molecule has 2 aliphatic heterocycles. The standard InChI is InChI=1S/C19H21BF2N4O3/c1-18(2)19(3,4)29-20(28-18)14-15(22)26-16(23)13(25-14)11-7-9-5-6-24-17(27)10(9)8-12(11)21/h7-8H,5-6H2,1-4H3,(H2,23,26)(H,24,27). The molecule has 10 heteroatoms. The maximum absolute atomic E-state index is 14.8. The summed E-state index contributed by atoms with van der Waals surface area (Å²) in [6.45, 7) is 7.74. The highest BCUT2D eigenvalue weighted by Crippen LogP contribution is 2.37. The van der Waals surface area contributed by atoms with Crippen molar-refractivity contribution < 1.29 is 22.9 Å². The monoisotopic (exact) mass is 402 g/mol. The summed E-state index contributed by atoms with van der Waals surface area (Å²) in [5.74, 6) is -2.24. The van der Waals surface area contributed by atoms with Crippen molar-refractivity contribution in [3.05, 3.63) is 35.0 Å². The second-order valence-electron chi connectivity index (χ2n) is 8.22. The van der Waals surface area contributed by atoms with Gasteiger partial charge in [0.2, 0.25) is 5.95 Å². The third-order valence-electron chi connectivity index (χ3n) is 5.75. The van der Waals surface area contributed by atoms with Gasteiger partial charge in [-0.05, 0) is 51.8 Å². The lowest BCUT2D eigenvalue weighted by molar-refractivity contribution is 0.00578. The molecule has 7 nitrogen and oxygen atoms in total. The van der Waals surface area contributed by atoms with Crippen LogP contribution in [0.5, 0.6) is 0 Å². The Balaban J connectivity index is 1.81. The van der Waals surface area contributed by atoms with Gasteiger partial charge in [-0.1, -0.05) is 0 Å². The third-order valence-corrected chi connectivity index (χ3v) is 5.75. The van der Waals surface area contributed by atoms with E-state index in [0.717, 1.165) is 6.07 Å². The summed E-state index contributed by atoms with van der Waals surface area (Å²) in [5.41, 5.74) is 5.17. The molecule has 0 unspecified atom stereocenters. The van der Waals surface area contributed by atoms with Crippen LogP contribution in [0.2, 0.25) is 0 Å². The van der Waals surface area contributed by atoms with Gasteiger partial charge in [0.1, 0.15) is 17.1 Å². The molecule has 1 fully saturated rings. The highest BCUT2D eigenvalue weighted by atomic mass is 19.1. The van der Waals surface area contributed by atoms with Crippen molar-refractivity contribution in [2.45, 2.75) is 45.3 Å². The molecule has 3 heterocycles. The Kier molecular flexibility index (Phi) is 4.39. The number of anilines is 1. The summed E-state index contributed by atoms with van der Waals surface area (Å²) in [7, 11) is -1.11. The van der Waals surface area contributed by atoms with Crippen molar-refractivity contribution in [1.82, 2.24) is 15.3 Å². The van der Waals surface area contributed by atoms with E-state index in [1.807, 2.05) is 27.7 Å². The number of nitrogen functional groups attached to an aromatic ring is 1. The van der Waals surface area contributed by atoms with Gasteiger partial charge in [-0.2, -0.15) is 9.37 Å². The van der Waals surface area contributed by atoms with E-state index < -0.39 is 30.1 Å². The topological polar surface area (TPSA) is 99.4 Å². The summed E-state index contributed by atoms with van der Waals surface area (Å²) in [6, 6.07) is 2.65. The molecule has 3 N–H and O–H groups in total. The highest BCUT2D eigenvalue weighted by molar-refractivity contribution is 6.61. The van der Waals surface area contributed by atoms with E-state index in [9.17, 15) is 13.6 Å². The first-order chi connectivity index (χ1) is 13.5. The fraction of sp³-hybridized carbons (Fsp3) is 0.421. The average molecular weight is 402 g/mol. The first-order valence-corrected chi connectivity index (χ1v) is 9.30. The van der Waals surface area contributed by atoms with E-state index in [1.54, 1.807) is 0 Å². The average Bonchev–Trinajstić information content (AvgIpc) is 2.83. The van der Waals surface area contributed by atoms with Crippen LogP contribution < -0.4 is 16.6 Å². The molecule has 1 aromatic carbocycles. The van der Waals surface area contributed by atoms with Crippen LogP contribution in [0.15, 0.2) is 12.1 Å². The van der Waals surface area contributed by atoms with Crippen LogP contribution in [-0.2, 0) is 15.7 Å². The SMILES string of the molecule is CC1(C)OB(c2nc(-c3cc4c(cc3F)C(=O)NCC4)c(N)nc2F)OC1(C)C. The van der Waals surface area contributed by atoms with Crippen molar-refractivity contribution >= 4 is 24.4 Å². The first kappa shape index (κ1) is 19.7. The lowest BCUT2D eigenvalue weighted by atomic mass is 9.84. The Morgan fingerprint density at radius 2 is 1.76 bits per heavy atom. The molecule has 0 saturated carbocycles. The second kappa shape index (κ2) is 6.46. The van der Waals surface area contributed by atoms with Gasteiger partial charge in [-0.15, -0.1) is 0 Å². The number of nitrogens with two attached hydrogens (primary N) is 1. The molecule has 4 rings (SSSR count). The zero-order chi connectivity index (χ0) is 21.1. The Morgan fingerprint density at radius 1 is 1.10 bits per heavy atom. The van der Waals surface area contributed by atoms with E-state index >= 15 is 0 Å². The smallest absolute Gasteiger partial charge is 0.398 e. The molecule has 2 aromatic rings. The Bertz CT molecular complexity index is 1010. The number of hydrogen-bond acceptors (Lipinski definition) is 6. The minimum atomic E-state index is -1.11. The number of nitrogens with zero attached hydrogens (tertiary/aromatic N) is 2. The molecule has 1 amide bonds. The Hall–Kier alpha value is -2.59. The van der Waals surface area contributed by atoms with Crippen LogP contribution in [0.3, 0.4) is 0 Å². The first-order valence-electron chi connectivity index (χ1n) is 9.30. The maximum atomic E-state index is 14.8. The number of halogens is 2. The van der Waals surface area contributed by atoms with Crippen LogP contribution in [0.25, 0.3) is 11.3 Å². The number of carbonyl (C=O) groups excluding carboxylic acids is 1. The molecule has 0 aliphatic carbocycles. The minimum absolute atomic E-state index is 0.0256. The minimum Gasteiger partial charge on any atom is -0.398 e. The van der Waals surface area contributed by atoms with Crippen molar-refractivity contribution in [1.29, 1.82) is 0 Å². The number of hydrogen-bond donors (Lipinski definition) is 2. The number of aromatic nitrogens is 2. The number of carbonyl (C=O) groups is 1. The molecule has 0 radical (unpaired) electrons. The van der Waals surface area contributed by atoms with Gasteiger partial charge in [-0.25, -0.2) is 9.37 Å². The van der Waals surface area contributed by atoms with Gasteiger partial charge in [-0.3, -0.25) is 4.79 Å². The van der Waals surface area contributed by atoms with Gasteiger partial charge >= 0.3 is 7.12 Å². The molecule has 0 spiro atoms. The van der Waals surface area contributed by atoms with Gasteiger partial charge in [0, 0.05) is 17.7 Å². The normalized spacial score (nSPS) is 19.8. The van der Waals surface area contributed by atoms with Gasteiger partial charge in [0.25, 0.3) is 5.91 Å². The van der Waals surface area contributed by atoms with Crippen LogP contribution in [0.1, 0.15) is 43.6 Å². The van der Waals surface area contributed by atoms with E-state index in [0.29, 0.717) is 18.5 Å².